The van der Waals surface area contributed by atoms with E-state index in [0.29, 0.717) is 38.3 Å². The first-order valence-corrected chi connectivity index (χ1v) is 8.96. The number of piperazine rings is 1. The first-order chi connectivity index (χ1) is 9.36. The Bertz CT molecular complexity index is 578. The fourth-order valence-corrected chi connectivity index (χ4v) is 3.24. The minimum Gasteiger partial charge on any atom is -0.293 e. The smallest absolute Gasteiger partial charge is 0.211 e. The van der Waals surface area contributed by atoms with Crippen LogP contribution >= 0.6 is 15.9 Å². The van der Waals surface area contributed by atoms with E-state index in [1.807, 2.05) is 17.0 Å². The number of nitrogens with zero attached hydrogens (tertiary/aromatic N) is 2. The molecule has 0 saturated carbocycles. The Kier molecular flexibility index (Phi) is 4.95. The summed E-state index contributed by atoms with van der Waals surface area (Å²) in [5.74, 6) is 0.0605. The molecule has 0 spiro atoms. The number of sulfonamides is 1. The van der Waals surface area contributed by atoms with Gasteiger partial charge in [-0.25, -0.2) is 8.42 Å². The van der Waals surface area contributed by atoms with Gasteiger partial charge in [-0.3, -0.25) is 9.69 Å². The standard InChI is InChI=1S/C13H17BrN2O3S/c1-20(18,19)16-8-6-15(7-9-16)10-13(17)11-2-4-12(14)5-3-11/h2-5H,6-10H2,1H3. The molecule has 0 radical (unpaired) electrons. The zero-order chi connectivity index (χ0) is 14.8. The summed E-state index contributed by atoms with van der Waals surface area (Å²) in [5.41, 5.74) is 0.679. The molecular formula is C13H17BrN2O3S. The minimum atomic E-state index is -3.12. The van der Waals surface area contributed by atoms with Crippen molar-refractivity contribution in [1.82, 2.24) is 9.21 Å². The van der Waals surface area contributed by atoms with Crippen molar-refractivity contribution in [3.05, 3.63) is 34.3 Å². The minimum absolute atomic E-state index is 0.0605. The second-order valence-electron chi connectivity index (χ2n) is 4.87. The Labute approximate surface area is 127 Å². The third-order valence-electron chi connectivity index (χ3n) is 3.33. The number of hydrogen-bond donors (Lipinski definition) is 0. The SMILES string of the molecule is CS(=O)(=O)N1CCN(CC(=O)c2ccc(Br)cc2)CC1. The molecule has 0 bridgehead atoms. The Morgan fingerprint density at radius 2 is 1.70 bits per heavy atom. The van der Waals surface area contributed by atoms with Crippen LogP contribution in [0.2, 0.25) is 0 Å². The van der Waals surface area contributed by atoms with Gasteiger partial charge in [0.25, 0.3) is 0 Å². The zero-order valence-electron chi connectivity index (χ0n) is 11.3. The fourth-order valence-electron chi connectivity index (χ4n) is 2.15. The van der Waals surface area contributed by atoms with Crippen molar-refractivity contribution in [1.29, 1.82) is 0 Å². The van der Waals surface area contributed by atoms with Gasteiger partial charge >= 0.3 is 0 Å². The van der Waals surface area contributed by atoms with Crippen LogP contribution in [-0.2, 0) is 10.0 Å². The maximum absolute atomic E-state index is 12.1. The molecule has 20 heavy (non-hydrogen) atoms. The van der Waals surface area contributed by atoms with E-state index in [1.165, 1.54) is 10.6 Å². The number of benzene rings is 1. The summed E-state index contributed by atoms with van der Waals surface area (Å²) in [6.45, 7) is 2.42. The lowest BCUT2D eigenvalue weighted by atomic mass is 10.1. The average Bonchev–Trinajstić information content (AvgIpc) is 2.39. The van der Waals surface area contributed by atoms with Crippen molar-refractivity contribution in [2.45, 2.75) is 0 Å². The van der Waals surface area contributed by atoms with Crippen LogP contribution in [0, 0.1) is 0 Å². The van der Waals surface area contributed by atoms with Crippen LogP contribution in [0.3, 0.4) is 0 Å². The lowest BCUT2D eigenvalue weighted by Crippen LogP contribution is -2.49. The Morgan fingerprint density at radius 1 is 1.15 bits per heavy atom. The predicted molar refractivity (Wildman–Crippen MR) is 81.3 cm³/mol. The summed E-state index contributed by atoms with van der Waals surface area (Å²) in [7, 11) is -3.12. The number of rotatable bonds is 4. The molecule has 1 fully saturated rings. The third-order valence-corrected chi connectivity index (χ3v) is 5.17. The van der Waals surface area contributed by atoms with Crippen LogP contribution in [0.5, 0.6) is 0 Å². The molecule has 1 aliphatic heterocycles. The number of hydrogen-bond acceptors (Lipinski definition) is 4. The number of Topliss-reactive ketones (excluding diaryl/α,β-unsaturated/α-hetero) is 1. The molecule has 7 heteroatoms. The van der Waals surface area contributed by atoms with E-state index in [0.717, 1.165) is 4.47 Å². The molecule has 1 aliphatic rings. The topological polar surface area (TPSA) is 57.7 Å². The Hall–Kier alpha value is -0.760. The summed E-state index contributed by atoms with van der Waals surface area (Å²) in [6, 6.07) is 7.27. The maximum Gasteiger partial charge on any atom is 0.211 e. The zero-order valence-corrected chi connectivity index (χ0v) is 13.7. The van der Waals surface area contributed by atoms with Gasteiger partial charge < -0.3 is 0 Å². The van der Waals surface area contributed by atoms with Crippen LogP contribution in [0.4, 0.5) is 0 Å². The van der Waals surface area contributed by atoms with Gasteiger partial charge in [0.05, 0.1) is 12.8 Å². The molecule has 0 unspecified atom stereocenters. The number of carbonyl (C=O) groups is 1. The Morgan fingerprint density at radius 3 is 2.20 bits per heavy atom. The number of carbonyl (C=O) groups excluding carboxylic acids is 1. The van der Waals surface area contributed by atoms with Crippen LogP contribution < -0.4 is 0 Å². The van der Waals surface area contributed by atoms with Gasteiger partial charge in [-0.15, -0.1) is 0 Å². The van der Waals surface area contributed by atoms with Crippen molar-refractivity contribution in [2.75, 3.05) is 39.0 Å². The molecule has 5 nitrogen and oxygen atoms in total. The lowest BCUT2D eigenvalue weighted by molar-refractivity contribution is 0.0902. The molecule has 0 atom stereocenters. The van der Waals surface area contributed by atoms with E-state index < -0.39 is 10.0 Å². The van der Waals surface area contributed by atoms with Crippen LogP contribution in [0.25, 0.3) is 0 Å². The van der Waals surface area contributed by atoms with Crippen LogP contribution in [0.15, 0.2) is 28.7 Å². The molecule has 1 saturated heterocycles. The normalized spacial score (nSPS) is 18.1. The van der Waals surface area contributed by atoms with E-state index in [1.54, 1.807) is 12.1 Å². The van der Waals surface area contributed by atoms with Crippen molar-refractivity contribution in [3.8, 4) is 0 Å². The van der Waals surface area contributed by atoms with Crippen molar-refractivity contribution in [3.63, 3.8) is 0 Å². The average molecular weight is 361 g/mol. The van der Waals surface area contributed by atoms with E-state index in [9.17, 15) is 13.2 Å². The quantitative estimate of drug-likeness (QED) is 0.757. The van der Waals surface area contributed by atoms with E-state index in [2.05, 4.69) is 15.9 Å². The lowest BCUT2D eigenvalue weighted by Gasteiger charge is -2.32. The molecular weight excluding hydrogens is 344 g/mol. The summed E-state index contributed by atoms with van der Waals surface area (Å²) >= 11 is 3.33. The van der Waals surface area contributed by atoms with Gasteiger partial charge in [-0.1, -0.05) is 28.1 Å². The van der Waals surface area contributed by atoms with Gasteiger partial charge in [-0.2, -0.15) is 4.31 Å². The van der Waals surface area contributed by atoms with E-state index in [-0.39, 0.29) is 5.78 Å². The molecule has 2 rings (SSSR count). The summed E-state index contributed by atoms with van der Waals surface area (Å²) < 4.78 is 25.2. The molecule has 1 aromatic carbocycles. The Balaban J connectivity index is 1.89. The third kappa shape index (κ3) is 4.12. The molecule has 0 aliphatic carbocycles. The molecule has 0 aromatic heterocycles. The van der Waals surface area contributed by atoms with Crippen molar-refractivity contribution in [2.24, 2.45) is 0 Å². The highest BCUT2D eigenvalue weighted by Gasteiger charge is 2.24. The predicted octanol–water partition coefficient (Wildman–Crippen LogP) is 1.21. The monoisotopic (exact) mass is 360 g/mol. The van der Waals surface area contributed by atoms with Gasteiger partial charge in [-0.05, 0) is 12.1 Å². The molecule has 110 valence electrons. The second-order valence-corrected chi connectivity index (χ2v) is 7.77. The number of ketones is 1. The van der Waals surface area contributed by atoms with E-state index >= 15 is 0 Å². The molecule has 0 amide bonds. The van der Waals surface area contributed by atoms with Gasteiger partial charge in [0.1, 0.15) is 0 Å². The summed E-state index contributed by atoms with van der Waals surface area (Å²) in [4.78, 5) is 14.1. The largest absolute Gasteiger partial charge is 0.293 e. The van der Waals surface area contributed by atoms with Crippen molar-refractivity contribution >= 4 is 31.7 Å². The maximum atomic E-state index is 12.1. The second kappa shape index (κ2) is 6.34. The molecule has 1 aromatic rings. The van der Waals surface area contributed by atoms with Crippen LogP contribution in [0.1, 0.15) is 10.4 Å². The summed E-state index contributed by atoms with van der Waals surface area (Å²) in [5, 5.41) is 0. The van der Waals surface area contributed by atoms with Crippen LogP contribution in [-0.4, -0.2) is 62.4 Å². The first-order valence-electron chi connectivity index (χ1n) is 6.32. The number of halogens is 1. The van der Waals surface area contributed by atoms with Gasteiger partial charge in [0.2, 0.25) is 10.0 Å². The molecule has 0 N–H and O–H groups in total. The van der Waals surface area contributed by atoms with Crippen molar-refractivity contribution < 1.29 is 13.2 Å². The summed E-state index contributed by atoms with van der Waals surface area (Å²) in [6.07, 6.45) is 1.22. The van der Waals surface area contributed by atoms with Gasteiger partial charge in [0, 0.05) is 36.2 Å². The molecule has 1 heterocycles. The highest BCUT2D eigenvalue weighted by molar-refractivity contribution is 9.10. The van der Waals surface area contributed by atoms with Gasteiger partial charge in [0.15, 0.2) is 5.78 Å². The first kappa shape index (κ1) is 15.6. The highest BCUT2D eigenvalue weighted by atomic mass is 79.9. The fraction of sp³-hybridized carbons (Fsp3) is 0.462. The van der Waals surface area contributed by atoms with E-state index in [4.69, 9.17) is 0 Å². The highest BCUT2D eigenvalue weighted by Crippen LogP contribution is 2.12.